The number of carbonyl (C=O) groups is 1. The predicted octanol–water partition coefficient (Wildman–Crippen LogP) is 2.95. The van der Waals surface area contributed by atoms with Gasteiger partial charge >= 0.3 is 0 Å². The first-order chi connectivity index (χ1) is 12.2. The minimum Gasteiger partial charge on any atom is -0.354 e. The largest absolute Gasteiger partial charge is 0.354 e. The monoisotopic (exact) mass is 332 g/mol. The van der Waals surface area contributed by atoms with Crippen molar-refractivity contribution in [2.24, 2.45) is 0 Å². The Balaban J connectivity index is 1.47. The summed E-state index contributed by atoms with van der Waals surface area (Å²) >= 11 is 0. The van der Waals surface area contributed by atoms with Crippen molar-refractivity contribution >= 4 is 22.6 Å². The Bertz CT molecular complexity index is 910. The molecule has 1 aliphatic heterocycles. The van der Waals surface area contributed by atoms with E-state index in [1.54, 1.807) is 12.4 Å². The molecule has 5 nitrogen and oxygen atoms in total. The second kappa shape index (κ2) is 6.51. The van der Waals surface area contributed by atoms with E-state index in [1.165, 1.54) is 0 Å². The standard InChI is InChI=1S/C20H20N4O/c1-14-7-10-21-18-6-5-15(12-17(14)18)20(25)23-16-8-11-24(13-16)19-4-2-3-9-22-19/h2-7,9-10,12,16H,8,11,13H2,1H3,(H,23,25)/t16-/m1/s1. The summed E-state index contributed by atoms with van der Waals surface area (Å²) in [6, 6.07) is 13.7. The van der Waals surface area contributed by atoms with Crippen LogP contribution in [-0.2, 0) is 0 Å². The lowest BCUT2D eigenvalue weighted by molar-refractivity contribution is 0.0940. The van der Waals surface area contributed by atoms with Gasteiger partial charge in [0.15, 0.2) is 0 Å². The van der Waals surface area contributed by atoms with E-state index in [-0.39, 0.29) is 11.9 Å². The highest BCUT2D eigenvalue weighted by molar-refractivity contribution is 5.98. The van der Waals surface area contributed by atoms with Gasteiger partial charge in [-0.3, -0.25) is 9.78 Å². The van der Waals surface area contributed by atoms with Crippen molar-refractivity contribution in [3.8, 4) is 0 Å². The Hall–Kier alpha value is -2.95. The number of fused-ring (bicyclic) bond motifs is 1. The molecule has 4 rings (SSSR count). The highest BCUT2D eigenvalue weighted by atomic mass is 16.1. The smallest absolute Gasteiger partial charge is 0.251 e. The van der Waals surface area contributed by atoms with Crippen LogP contribution in [0.3, 0.4) is 0 Å². The van der Waals surface area contributed by atoms with Gasteiger partial charge in [-0.1, -0.05) is 6.07 Å². The topological polar surface area (TPSA) is 58.1 Å². The Morgan fingerprint density at radius 3 is 2.92 bits per heavy atom. The molecule has 2 aromatic heterocycles. The zero-order valence-electron chi connectivity index (χ0n) is 14.1. The number of aryl methyl sites for hydroxylation is 1. The molecular formula is C20H20N4O. The van der Waals surface area contributed by atoms with E-state index in [1.807, 2.05) is 49.4 Å². The number of amides is 1. The summed E-state index contributed by atoms with van der Waals surface area (Å²) in [6.45, 7) is 3.73. The number of nitrogens with zero attached hydrogens (tertiary/aromatic N) is 3. The average molecular weight is 332 g/mol. The van der Waals surface area contributed by atoms with Crippen molar-refractivity contribution in [2.75, 3.05) is 18.0 Å². The van der Waals surface area contributed by atoms with Crippen LogP contribution in [0, 0.1) is 6.92 Å². The van der Waals surface area contributed by atoms with E-state index < -0.39 is 0 Å². The van der Waals surface area contributed by atoms with E-state index in [0.717, 1.165) is 41.8 Å². The van der Waals surface area contributed by atoms with Gasteiger partial charge in [-0.15, -0.1) is 0 Å². The first-order valence-electron chi connectivity index (χ1n) is 8.53. The normalized spacial score (nSPS) is 17.0. The molecule has 0 unspecified atom stereocenters. The molecule has 1 aliphatic rings. The minimum atomic E-state index is -0.0296. The number of benzene rings is 1. The molecule has 0 saturated carbocycles. The maximum Gasteiger partial charge on any atom is 0.251 e. The molecule has 126 valence electrons. The van der Waals surface area contributed by atoms with Gasteiger partial charge in [-0.25, -0.2) is 4.98 Å². The number of aromatic nitrogens is 2. The highest BCUT2D eigenvalue weighted by Gasteiger charge is 2.25. The van der Waals surface area contributed by atoms with Crippen molar-refractivity contribution in [3.05, 3.63) is 66.0 Å². The van der Waals surface area contributed by atoms with E-state index >= 15 is 0 Å². The summed E-state index contributed by atoms with van der Waals surface area (Å²) in [7, 11) is 0. The van der Waals surface area contributed by atoms with Crippen molar-refractivity contribution in [2.45, 2.75) is 19.4 Å². The molecule has 1 fully saturated rings. The van der Waals surface area contributed by atoms with Crippen molar-refractivity contribution < 1.29 is 4.79 Å². The third-order valence-corrected chi connectivity index (χ3v) is 4.72. The number of nitrogens with one attached hydrogen (secondary N) is 1. The van der Waals surface area contributed by atoms with Crippen molar-refractivity contribution in [1.29, 1.82) is 0 Å². The Morgan fingerprint density at radius 2 is 2.08 bits per heavy atom. The molecule has 0 radical (unpaired) electrons. The Morgan fingerprint density at radius 1 is 1.16 bits per heavy atom. The van der Waals surface area contributed by atoms with E-state index in [0.29, 0.717) is 5.56 Å². The van der Waals surface area contributed by atoms with Gasteiger partial charge in [0.25, 0.3) is 5.91 Å². The van der Waals surface area contributed by atoms with Crippen LogP contribution >= 0.6 is 0 Å². The lowest BCUT2D eigenvalue weighted by Gasteiger charge is -2.17. The van der Waals surface area contributed by atoms with Crippen molar-refractivity contribution in [3.63, 3.8) is 0 Å². The maximum atomic E-state index is 12.6. The van der Waals surface area contributed by atoms with Crippen LogP contribution in [0.4, 0.5) is 5.82 Å². The molecule has 0 bridgehead atoms. The van der Waals surface area contributed by atoms with Crippen LogP contribution in [0.5, 0.6) is 0 Å². The van der Waals surface area contributed by atoms with Gasteiger partial charge in [0.05, 0.1) is 5.52 Å². The molecule has 0 spiro atoms. The van der Waals surface area contributed by atoms with Crippen molar-refractivity contribution in [1.82, 2.24) is 15.3 Å². The number of carbonyl (C=O) groups excluding carboxylic acids is 1. The fraction of sp³-hybridized carbons (Fsp3) is 0.250. The first kappa shape index (κ1) is 15.6. The Kier molecular flexibility index (Phi) is 4.06. The summed E-state index contributed by atoms with van der Waals surface area (Å²) in [4.78, 5) is 23.6. The lowest BCUT2D eigenvalue weighted by Crippen LogP contribution is -2.37. The van der Waals surface area contributed by atoms with Gasteiger partial charge in [0.2, 0.25) is 0 Å². The van der Waals surface area contributed by atoms with Crippen LogP contribution in [0.1, 0.15) is 22.3 Å². The van der Waals surface area contributed by atoms with Gasteiger partial charge in [-0.2, -0.15) is 0 Å². The summed E-state index contributed by atoms with van der Waals surface area (Å²) in [5.74, 6) is 0.935. The first-order valence-corrected chi connectivity index (χ1v) is 8.53. The van der Waals surface area contributed by atoms with E-state index in [4.69, 9.17) is 0 Å². The van der Waals surface area contributed by atoms with Crippen LogP contribution < -0.4 is 10.2 Å². The second-order valence-corrected chi connectivity index (χ2v) is 6.45. The van der Waals surface area contributed by atoms with Gasteiger partial charge < -0.3 is 10.2 Å². The Labute approximate surface area is 146 Å². The number of rotatable bonds is 3. The fourth-order valence-electron chi connectivity index (χ4n) is 3.32. The summed E-state index contributed by atoms with van der Waals surface area (Å²) in [5, 5.41) is 4.17. The number of anilines is 1. The number of hydrogen-bond acceptors (Lipinski definition) is 4. The van der Waals surface area contributed by atoms with Crippen LogP contribution in [0.2, 0.25) is 0 Å². The molecule has 3 heterocycles. The predicted molar refractivity (Wildman–Crippen MR) is 98.8 cm³/mol. The average Bonchev–Trinajstić information content (AvgIpc) is 3.11. The third kappa shape index (κ3) is 3.18. The highest BCUT2D eigenvalue weighted by Crippen LogP contribution is 2.20. The number of pyridine rings is 2. The molecule has 3 aromatic rings. The third-order valence-electron chi connectivity index (χ3n) is 4.72. The zero-order valence-corrected chi connectivity index (χ0v) is 14.1. The molecule has 1 N–H and O–H groups in total. The lowest BCUT2D eigenvalue weighted by atomic mass is 10.1. The summed E-state index contributed by atoms with van der Waals surface area (Å²) in [5.41, 5.74) is 2.72. The molecule has 25 heavy (non-hydrogen) atoms. The minimum absolute atomic E-state index is 0.0296. The molecular weight excluding hydrogens is 312 g/mol. The molecule has 1 saturated heterocycles. The quantitative estimate of drug-likeness (QED) is 0.801. The molecule has 1 aromatic carbocycles. The second-order valence-electron chi connectivity index (χ2n) is 6.45. The van der Waals surface area contributed by atoms with Crippen LogP contribution in [0.25, 0.3) is 10.9 Å². The summed E-state index contributed by atoms with van der Waals surface area (Å²) in [6.07, 6.45) is 4.52. The van der Waals surface area contributed by atoms with E-state index in [2.05, 4.69) is 20.2 Å². The summed E-state index contributed by atoms with van der Waals surface area (Å²) < 4.78 is 0. The number of hydrogen-bond donors (Lipinski definition) is 1. The maximum absolute atomic E-state index is 12.6. The molecule has 5 heteroatoms. The zero-order chi connectivity index (χ0) is 17.2. The van der Waals surface area contributed by atoms with Gasteiger partial charge in [0, 0.05) is 42.5 Å². The molecule has 0 aliphatic carbocycles. The SMILES string of the molecule is Cc1ccnc2ccc(C(=O)N[C@@H]3CCN(c4ccccn4)C3)cc12. The van der Waals surface area contributed by atoms with Crippen LogP contribution in [-0.4, -0.2) is 35.0 Å². The van der Waals surface area contributed by atoms with Crippen LogP contribution in [0.15, 0.2) is 54.9 Å². The molecule has 1 amide bonds. The fourth-order valence-corrected chi connectivity index (χ4v) is 3.32. The van der Waals surface area contributed by atoms with E-state index in [9.17, 15) is 4.79 Å². The van der Waals surface area contributed by atoms with Gasteiger partial charge in [-0.05, 0) is 55.3 Å². The van der Waals surface area contributed by atoms with Gasteiger partial charge in [0.1, 0.15) is 5.82 Å². The molecule has 1 atom stereocenters.